The summed E-state index contributed by atoms with van der Waals surface area (Å²) in [6.07, 6.45) is 5.69. The maximum absolute atomic E-state index is 11.6. The summed E-state index contributed by atoms with van der Waals surface area (Å²) in [4.78, 5) is 0.976. The summed E-state index contributed by atoms with van der Waals surface area (Å²) in [6.45, 7) is 1.81. The van der Waals surface area contributed by atoms with Crippen molar-refractivity contribution in [1.29, 1.82) is 0 Å². The first-order valence-electron chi connectivity index (χ1n) is 8.77. The number of nitrogens with two attached hydrogens (primary N) is 1. The number of hydrogen-bond donors (Lipinski definition) is 1. The van der Waals surface area contributed by atoms with Gasteiger partial charge in [-0.3, -0.25) is 0 Å². The summed E-state index contributed by atoms with van der Waals surface area (Å²) >= 11 is 13.6. The van der Waals surface area contributed by atoms with Gasteiger partial charge in [-0.05, 0) is 67.8 Å². The molecule has 0 fully saturated rings. The Bertz CT molecular complexity index is 1210. The number of primary sulfonamides is 1. The highest BCUT2D eigenvalue weighted by molar-refractivity contribution is 8.07. The molecule has 0 aliphatic heterocycles. The summed E-state index contributed by atoms with van der Waals surface area (Å²) in [6, 6.07) is 15.7. The highest BCUT2D eigenvalue weighted by Crippen LogP contribution is 2.31. The number of rotatable bonds is 6. The molecule has 0 saturated heterocycles. The van der Waals surface area contributed by atoms with Crippen LogP contribution in [0.3, 0.4) is 0 Å². The SMILES string of the molecule is CS/C(=C\C=C(/C)Cl)c1cc(-c2ccc(Cl)cc2)n(-c2ccc(S(N)(=O)=O)cc2)n1. The number of sulfonamides is 1. The third kappa shape index (κ3) is 5.36. The van der Waals surface area contributed by atoms with Gasteiger partial charge in [0.1, 0.15) is 0 Å². The van der Waals surface area contributed by atoms with E-state index in [9.17, 15) is 8.42 Å². The van der Waals surface area contributed by atoms with Crippen LogP contribution >= 0.6 is 35.0 Å². The lowest BCUT2D eigenvalue weighted by atomic mass is 10.1. The van der Waals surface area contributed by atoms with Gasteiger partial charge in [0.25, 0.3) is 0 Å². The van der Waals surface area contributed by atoms with Crippen LogP contribution in [0.25, 0.3) is 21.8 Å². The molecule has 0 saturated carbocycles. The van der Waals surface area contributed by atoms with Crippen LogP contribution in [0.1, 0.15) is 12.6 Å². The number of allylic oxidation sites excluding steroid dienone is 3. The van der Waals surface area contributed by atoms with Gasteiger partial charge in [-0.25, -0.2) is 18.2 Å². The molecule has 30 heavy (non-hydrogen) atoms. The molecule has 5 nitrogen and oxygen atoms in total. The number of halogens is 2. The van der Waals surface area contributed by atoms with E-state index >= 15 is 0 Å². The fourth-order valence-electron chi connectivity index (χ4n) is 2.75. The van der Waals surface area contributed by atoms with E-state index in [4.69, 9.17) is 33.4 Å². The first-order valence-corrected chi connectivity index (χ1v) is 12.3. The monoisotopic (exact) mass is 479 g/mol. The fraction of sp³-hybridized carbons (Fsp3) is 0.0952. The Morgan fingerprint density at radius 3 is 2.27 bits per heavy atom. The van der Waals surface area contributed by atoms with Gasteiger partial charge in [-0.15, -0.1) is 11.8 Å². The van der Waals surface area contributed by atoms with E-state index in [1.165, 1.54) is 12.1 Å². The molecular weight excluding hydrogens is 461 g/mol. The molecule has 2 N–H and O–H groups in total. The van der Waals surface area contributed by atoms with E-state index in [1.54, 1.807) is 35.5 Å². The second kappa shape index (κ2) is 9.41. The fourth-order valence-corrected chi connectivity index (χ4v) is 3.97. The normalized spacial score (nSPS) is 13.0. The number of thioether (sulfide) groups is 1. The molecule has 0 spiro atoms. The van der Waals surface area contributed by atoms with Crippen molar-refractivity contribution < 1.29 is 8.42 Å². The lowest BCUT2D eigenvalue weighted by molar-refractivity contribution is 0.598. The number of hydrogen-bond acceptors (Lipinski definition) is 4. The third-order valence-electron chi connectivity index (χ3n) is 4.20. The van der Waals surface area contributed by atoms with E-state index in [1.807, 2.05) is 48.7 Å². The Hall–Kier alpha value is -2.03. The molecule has 1 heterocycles. The van der Waals surface area contributed by atoms with Crippen molar-refractivity contribution >= 4 is 49.9 Å². The minimum atomic E-state index is -3.77. The van der Waals surface area contributed by atoms with Crippen LogP contribution in [0.15, 0.2) is 76.7 Å². The van der Waals surface area contributed by atoms with E-state index in [0.29, 0.717) is 15.7 Å². The van der Waals surface area contributed by atoms with Gasteiger partial charge in [0.15, 0.2) is 0 Å². The van der Waals surface area contributed by atoms with Gasteiger partial charge in [0.05, 0.1) is 22.0 Å². The lowest BCUT2D eigenvalue weighted by Gasteiger charge is -2.08. The minimum Gasteiger partial charge on any atom is -0.232 e. The van der Waals surface area contributed by atoms with E-state index in [0.717, 1.165) is 21.9 Å². The summed E-state index contributed by atoms with van der Waals surface area (Å²) in [7, 11) is -3.77. The predicted octanol–water partition coefficient (Wildman–Crippen LogP) is 5.69. The summed E-state index contributed by atoms with van der Waals surface area (Å²) < 4.78 is 24.9. The maximum atomic E-state index is 11.6. The quantitative estimate of drug-likeness (QED) is 0.460. The minimum absolute atomic E-state index is 0.0408. The van der Waals surface area contributed by atoms with Crippen LogP contribution in [-0.2, 0) is 10.0 Å². The zero-order chi connectivity index (χ0) is 21.9. The van der Waals surface area contributed by atoms with Crippen LogP contribution in [0.4, 0.5) is 0 Å². The predicted molar refractivity (Wildman–Crippen MR) is 126 cm³/mol. The number of nitrogens with zero attached hydrogens (tertiary/aromatic N) is 2. The molecule has 0 bridgehead atoms. The van der Waals surface area contributed by atoms with Gasteiger partial charge in [0, 0.05) is 20.5 Å². The topological polar surface area (TPSA) is 78.0 Å². The first-order chi connectivity index (χ1) is 14.2. The van der Waals surface area contributed by atoms with E-state index in [-0.39, 0.29) is 4.90 Å². The van der Waals surface area contributed by atoms with Crippen LogP contribution in [-0.4, -0.2) is 24.5 Å². The van der Waals surface area contributed by atoms with Crippen molar-refractivity contribution in [2.24, 2.45) is 5.14 Å². The Morgan fingerprint density at radius 1 is 1.10 bits per heavy atom. The molecule has 0 unspecified atom stereocenters. The highest BCUT2D eigenvalue weighted by atomic mass is 35.5. The van der Waals surface area contributed by atoms with Gasteiger partial charge >= 0.3 is 0 Å². The average molecular weight is 480 g/mol. The highest BCUT2D eigenvalue weighted by Gasteiger charge is 2.15. The average Bonchev–Trinajstić information content (AvgIpc) is 3.13. The first kappa shape index (κ1) is 22.7. The smallest absolute Gasteiger partial charge is 0.232 e. The van der Waals surface area contributed by atoms with Crippen LogP contribution < -0.4 is 5.14 Å². The van der Waals surface area contributed by atoms with Gasteiger partial charge < -0.3 is 0 Å². The second-order valence-electron chi connectivity index (χ2n) is 6.36. The van der Waals surface area contributed by atoms with Crippen molar-refractivity contribution in [2.75, 3.05) is 6.26 Å². The molecule has 0 radical (unpaired) electrons. The Labute approximate surface area is 190 Å². The maximum Gasteiger partial charge on any atom is 0.238 e. The third-order valence-corrected chi connectivity index (χ3v) is 6.29. The van der Waals surface area contributed by atoms with Crippen molar-refractivity contribution in [3.05, 3.63) is 82.5 Å². The van der Waals surface area contributed by atoms with Crippen molar-refractivity contribution in [3.8, 4) is 16.9 Å². The summed E-state index contributed by atoms with van der Waals surface area (Å²) in [5.41, 5.74) is 3.20. The van der Waals surface area contributed by atoms with Gasteiger partial charge in [-0.2, -0.15) is 5.10 Å². The second-order valence-corrected chi connectivity index (χ2v) is 9.80. The molecule has 2 aromatic carbocycles. The van der Waals surface area contributed by atoms with E-state index < -0.39 is 10.0 Å². The molecule has 0 aliphatic carbocycles. The van der Waals surface area contributed by atoms with Crippen LogP contribution in [0.5, 0.6) is 0 Å². The van der Waals surface area contributed by atoms with Gasteiger partial charge in [0.2, 0.25) is 10.0 Å². The Morgan fingerprint density at radius 2 is 1.73 bits per heavy atom. The molecule has 0 amide bonds. The number of aromatic nitrogens is 2. The molecule has 0 atom stereocenters. The zero-order valence-corrected chi connectivity index (χ0v) is 19.4. The molecule has 1 aromatic heterocycles. The molecule has 9 heteroatoms. The number of benzene rings is 2. The van der Waals surface area contributed by atoms with Gasteiger partial charge in [-0.1, -0.05) is 35.3 Å². The van der Waals surface area contributed by atoms with Crippen molar-refractivity contribution in [3.63, 3.8) is 0 Å². The molecule has 3 aromatic rings. The summed E-state index contributed by atoms with van der Waals surface area (Å²) in [5.74, 6) is 0. The van der Waals surface area contributed by atoms with Crippen LogP contribution in [0.2, 0.25) is 5.02 Å². The lowest BCUT2D eigenvalue weighted by Crippen LogP contribution is -2.12. The Balaban J connectivity index is 2.17. The van der Waals surface area contributed by atoms with Crippen molar-refractivity contribution in [2.45, 2.75) is 11.8 Å². The molecule has 3 rings (SSSR count). The summed E-state index contributed by atoms with van der Waals surface area (Å²) in [5, 5.41) is 11.3. The largest absolute Gasteiger partial charge is 0.238 e. The molecule has 156 valence electrons. The van der Waals surface area contributed by atoms with Crippen molar-refractivity contribution in [1.82, 2.24) is 9.78 Å². The Kier molecular flexibility index (Phi) is 7.10. The zero-order valence-electron chi connectivity index (χ0n) is 16.2. The molecule has 0 aliphatic rings. The van der Waals surface area contributed by atoms with E-state index in [2.05, 4.69) is 0 Å². The molecular formula is C21H19Cl2N3O2S2. The standard InChI is InChI=1S/C21H19Cl2N3O2S2/c1-14(22)3-12-21(29-2)19-13-20(15-4-6-16(23)7-5-15)26(25-19)17-8-10-18(11-9-17)30(24,27)28/h3-13H,1-2H3,(H2,24,27,28)/b14-3+,21-12-. The van der Waals surface area contributed by atoms with Crippen LogP contribution in [0, 0.1) is 0 Å².